The number of carbonyl (C=O) groups excluding carboxylic acids is 1. The summed E-state index contributed by atoms with van der Waals surface area (Å²) < 4.78 is 7.93. The number of terminal acetylenes is 1. The first-order valence-electron chi connectivity index (χ1n) is 10.8. The minimum atomic E-state index is 0.310. The lowest BCUT2D eigenvalue weighted by atomic mass is 9.87. The van der Waals surface area contributed by atoms with Crippen molar-refractivity contribution in [2.75, 3.05) is 13.3 Å². The zero-order valence-electron chi connectivity index (χ0n) is 18.8. The molecular formula is C26H36N2O2. The van der Waals surface area contributed by atoms with Crippen LogP contribution in [0.2, 0.25) is 0 Å². The van der Waals surface area contributed by atoms with Crippen molar-refractivity contribution in [3.8, 4) is 12.8 Å². The number of hydrogen-bond donors (Lipinski definition) is 0. The summed E-state index contributed by atoms with van der Waals surface area (Å²) >= 11 is 0. The summed E-state index contributed by atoms with van der Waals surface area (Å²) in [4.78, 5) is 15.2. The van der Waals surface area contributed by atoms with Crippen LogP contribution < -0.4 is 0 Å². The Kier molecular flexibility index (Phi) is 12.2. The summed E-state index contributed by atoms with van der Waals surface area (Å²) in [6.45, 7) is 11.7. The lowest BCUT2D eigenvalue weighted by Gasteiger charge is -2.18. The monoisotopic (exact) mass is 408 g/mol. The molecule has 1 heterocycles. The molecule has 0 N–H and O–H groups in total. The number of hydrogen-bond acceptors (Lipinski definition) is 3. The zero-order chi connectivity index (χ0) is 22.4. The van der Waals surface area contributed by atoms with Crippen LogP contribution in [0.25, 0.3) is 10.9 Å². The van der Waals surface area contributed by atoms with Crippen molar-refractivity contribution < 1.29 is 9.53 Å². The average molecular weight is 409 g/mol. The Hall–Kier alpha value is -2.64. The summed E-state index contributed by atoms with van der Waals surface area (Å²) in [7, 11) is 0. The molecule has 0 amide bonds. The molecule has 162 valence electrons. The van der Waals surface area contributed by atoms with E-state index in [1.165, 1.54) is 42.3 Å². The van der Waals surface area contributed by atoms with Gasteiger partial charge in [-0.25, -0.2) is 0 Å². The Morgan fingerprint density at radius 2 is 1.93 bits per heavy atom. The molecule has 0 radical (unpaired) electrons. The van der Waals surface area contributed by atoms with E-state index in [-0.39, 0.29) is 0 Å². The Morgan fingerprint density at radius 1 is 1.23 bits per heavy atom. The maximum Gasteiger partial charge on any atom is 0.150 e. The summed E-state index contributed by atoms with van der Waals surface area (Å²) in [6, 6.07) is 6.09. The van der Waals surface area contributed by atoms with Gasteiger partial charge in [0.15, 0.2) is 0 Å². The number of aromatic nitrogens is 1. The summed E-state index contributed by atoms with van der Waals surface area (Å²) in [5, 5.41) is 1.28. The minimum Gasteiger partial charge on any atom is -0.358 e. The van der Waals surface area contributed by atoms with Gasteiger partial charge in [0.05, 0.1) is 6.61 Å². The van der Waals surface area contributed by atoms with Gasteiger partial charge >= 0.3 is 0 Å². The average Bonchev–Trinajstić information content (AvgIpc) is 3.08. The van der Waals surface area contributed by atoms with E-state index in [1.54, 1.807) is 0 Å². The predicted molar refractivity (Wildman–Crippen MR) is 129 cm³/mol. The van der Waals surface area contributed by atoms with Crippen molar-refractivity contribution >= 4 is 23.9 Å². The van der Waals surface area contributed by atoms with Crippen LogP contribution in [0.1, 0.15) is 74.0 Å². The number of ether oxygens (including phenoxy) is 1. The standard InChI is InChI=1S/C24H34N2O2.C2H2/c1-5-8-11-22-24(20(9-6-2)10-7-3)21-13-12-19(17-27)16-23(21)26(22)14-15-28-18-25-4;1-2/h5,8,12-13,16-17,20H,4,6-7,9-11,14-15,18H2,1-3H3;1-2H/b8-5-;. The molecule has 0 saturated carbocycles. The van der Waals surface area contributed by atoms with Crippen LogP contribution in [0.5, 0.6) is 0 Å². The van der Waals surface area contributed by atoms with Gasteiger partial charge in [0.2, 0.25) is 0 Å². The van der Waals surface area contributed by atoms with Gasteiger partial charge in [0.25, 0.3) is 0 Å². The van der Waals surface area contributed by atoms with Crippen LogP contribution >= 0.6 is 0 Å². The number of aldehydes is 1. The second kappa shape index (κ2) is 14.4. The van der Waals surface area contributed by atoms with E-state index in [0.29, 0.717) is 24.8 Å². The van der Waals surface area contributed by atoms with E-state index in [1.807, 2.05) is 12.1 Å². The SMILES string of the molecule is C#C.C=NCOCCn1c(C/C=C\C)c(C(CCC)CCC)c2ccc(C=O)cc21. The van der Waals surface area contributed by atoms with Gasteiger partial charge in [-0.1, -0.05) is 51.0 Å². The van der Waals surface area contributed by atoms with Crippen molar-refractivity contribution in [1.82, 2.24) is 4.57 Å². The van der Waals surface area contributed by atoms with Gasteiger partial charge < -0.3 is 9.30 Å². The number of allylic oxidation sites excluding steroid dienone is 2. The Bertz CT molecular complexity index is 840. The second-order valence-corrected chi connectivity index (χ2v) is 7.21. The Balaban J connectivity index is 0.00000218. The normalized spacial score (nSPS) is 11.0. The van der Waals surface area contributed by atoms with Crippen molar-refractivity contribution in [3.05, 3.63) is 47.2 Å². The van der Waals surface area contributed by atoms with Crippen LogP contribution in [-0.4, -0.2) is 30.9 Å². The van der Waals surface area contributed by atoms with Crippen molar-refractivity contribution in [3.63, 3.8) is 0 Å². The highest BCUT2D eigenvalue weighted by Gasteiger charge is 2.23. The fourth-order valence-electron chi connectivity index (χ4n) is 4.09. The lowest BCUT2D eigenvalue weighted by Crippen LogP contribution is -2.11. The third-order valence-corrected chi connectivity index (χ3v) is 5.25. The van der Waals surface area contributed by atoms with E-state index in [2.05, 4.69) is 68.1 Å². The van der Waals surface area contributed by atoms with Crippen LogP contribution in [0.3, 0.4) is 0 Å². The molecule has 2 rings (SSSR count). The summed E-state index contributed by atoms with van der Waals surface area (Å²) in [5.74, 6) is 0.539. The molecule has 30 heavy (non-hydrogen) atoms. The van der Waals surface area contributed by atoms with Crippen molar-refractivity contribution in [2.24, 2.45) is 4.99 Å². The number of fused-ring (bicyclic) bond motifs is 1. The fourth-order valence-corrected chi connectivity index (χ4v) is 4.09. The first kappa shape index (κ1) is 25.4. The van der Waals surface area contributed by atoms with Crippen molar-refractivity contribution in [1.29, 1.82) is 0 Å². The molecule has 0 spiro atoms. The van der Waals surface area contributed by atoms with Crippen LogP contribution in [0.15, 0.2) is 35.3 Å². The molecule has 0 aliphatic carbocycles. The molecule has 0 aliphatic heterocycles. The number of benzene rings is 1. The van der Waals surface area contributed by atoms with Crippen LogP contribution in [0, 0.1) is 12.8 Å². The number of rotatable bonds is 13. The van der Waals surface area contributed by atoms with Gasteiger partial charge in [-0.3, -0.25) is 9.79 Å². The highest BCUT2D eigenvalue weighted by Crippen LogP contribution is 2.38. The first-order chi connectivity index (χ1) is 14.7. The lowest BCUT2D eigenvalue weighted by molar-refractivity contribution is 0.112. The smallest absolute Gasteiger partial charge is 0.150 e. The molecule has 4 nitrogen and oxygen atoms in total. The minimum absolute atomic E-state index is 0.310. The van der Waals surface area contributed by atoms with E-state index in [4.69, 9.17) is 4.74 Å². The third-order valence-electron chi connectivity index (χ3n) is 5.25. The molecule has 0 aliphatic rings. The molecule has 0 atom stereocenters. The summed E-state index contributed by atoms with van der Waals surface area (Å²) in [6.07, 6.45) is 18.8. The molecule has 0 unspecified atom stereocenters. The molecule has 1 aromatic carbocycles. The molecule has 0 bridgehead atoms. The van der Waals surface area contributed by atoms with E-state index in [0.717, 1.165) is 24.8 Å². The molecule has 0 saturated heterocycles. The van der Waals surface area contributed by atoms with Crippen molar-refractivity contribution in [2.45, 2.75) is 65.3 Å². The molecule has 1 aromatic heterocycles. The van der Waals surface area contributed by atoms with Crippen LogP contribution in [-0.2, 0) is 17.7 Å². The third kappa shape index (κ3) is 6.43. The Labute approximate surface area is 182 Å². The van der Waals surface area contributed by atoms with Gasteiger partial charge in [-0.05, 0) is 44.0 Å². The molecule has 4 heteroatoms. The summed E-state index contributed by atoms with van der Waals surface area (Å²) in [5.41, 5.74) is 4.65. The number of aliphatic imine (C=N–C) groups is 1. The van der Waals surface area contributed by atoms with Crippen LogP contribution in [0.4, 0.5) is 0 Å². The second-order valence-electron chi connectivity index (χ2n) is 7.21. The highest BCUT2D eigenvalue weighted by molar-refractivity contribution is 5.91. The maximum atomic E-state index is 11.4. The predicted octanol–water partition coefficient (Wildman–Crippen LogP) is 6.18. The zero-order valence-corrected chi connectivity index (χ0v) is 18.8. The largest absolute Gasteiger partial charge is 0.358 e. The maximum absolute atomic E-state index is 11.4. The highest BCUT2D eigenvalue weighted by atomic mass is 16.5. The van der Waals surface area contributed by atoms with E-state index >= 15 is 0 Å². The van der Waals surface area contributed by atoms with Gasteiger partial charge in [-0.15, -0.1) is 12.8 Å². The van der Waals surface area contributed by atoms with E-state index in [9.17, 15) is 4.79 Å². The number of nitrogens with zero attached hydrogens (tertiary/aromatic N) is 2. The Morgan fingerprint density at radius 3 is 2.50 bits per heavy atom. The topological polar surface area (TPSA) is 43.6 Å². The quantitative estimate of drug-likeness (QED) is 0.131. The molecule has 2 aromatic rings. The van der Waals surface area contributed by atoms with E-state index < -0.39 is 0 Å². The van der Waals surface area contributed by atoms with Gasteiger partial charge in [0.1, 0.15) is 13.0 Å². The number of carbonyl (C=O) groups is 1. The first-order valence-corrected chi connectivity index (χ1v) is 10.8. The van der Waals surface area contributed by atoms with Gasteiger partial charge in [-0.2, -0.15) is 0 Å². The van der Waals surface area contributed by atoms with Gasteiger partial charge in [0, 0.05) is 35.1 Å². The fraction of sp³-hybridized carbons (Fsp3) is 0.462. The molecule has 0 fully saturated rings. The molecular weight excluding hydrogens is 372 g/mol.